The van der Waals surface area contributed by atoms with Gasteiger partial charge < -0.3 is 25.0 Å². The number of piperazine rings is 1. The molecule has 0 amide bonds. The first-order chi connectivity index (χ1) is 12.7. The highest BCUT2D eigenvalue weighted by Crippen LogP contribution is 2.14. The summed E-state index contributed by atoms with van der Waals surface area (Å²) >= 11 is 0. The Morgan fingerprint density at radius 1 is 1.15 bits per heavy atom. The Balaban J connectivity index is 1.47. The first-order valence-electron chi connectivity index (χ1n) is 9.18. The van der Waals surface area contributed by atoms with Crippen molar-refractivity contribution in [2.75, 3.05) is 51.7 Å². The number of likely N-dealkylation sites (N-methyl/N-ethyl adjacent to an activating group) is 1. The molecule has 3 rings (SSSR count). The SMILES string of the molecule is CN=C(NCCn1cccc1)NCc1ccnc(N2CCN(C)CC2)c1. The van der Waals surface area contributed by atoms with Crippen LogP contribution in [0.2, 0.25) is 0 Å². The number of rotatable bonds is 6. The van der Waals surface area contributed by atoms with Gasteiger partial charge in [0.15, 0.2) is 5.96 Å². The lowest BCUT2D eigenvalue weighted by Gasteiger charge is -2.33. The molecular formula is C19H29N7. The van der Waals surface area contributed by atoms with Crippen LogP contribution >= 0.6 is 0 Å². The summed E-state index contributed by atoms with van der Waals surface area (Å²) in [7, 11) is 3.97. The summed E-state index contributed by atoms with van der Waals surface area (Å²) in [5.74, 6) is 1.88. The number of nitrogens with one attached hydrogen (secondary N) is 2. The van der Waals surface area contributed by atoms with E-state index in [-0.39, 0.29) is 0 Å². The van der Waals surface area contributed by atoms with E-state index in [1.807, 2.05) is 18.3 Å². The predicted molar refractivity (Wildman–Crippen MR) is 107 cm³/mol. The first-order valence-corrected chi connectivity index (χ1v) is 9.18. The van der Waals surface area contributed by atoms with Crippen LogP contribution in [-0.2, 0) is 13.1 Å². The molecule has 2 N–H and O–H groups in total. The van der Waals surface area contributed by atoms with Crippen LogP contribution in [0.3, 0.4) is 0 Å². The third-order valence-corrected chi connectivity index (χ3v) is 4.65. The smallest absolute Gasteiger partial charge is 0.191 e. The normalized spacial score (nSPS) is 15.9. The molecule has 0 saturated carbocycles. The zero-order valence-electron chi connectivity index (χ0n) is 15.7. The Hall–Kier alpha value is -2.54. The van der Waals surface area contributed by atoms with E-state index >= 15 is 0 Å². The van der Waals surface area contributed by atoms with Gasteiger partial charge in [-0.25, -0.2) is 4.98 Å². The van der Waals surface area contributed by atoms with Gasteiger partial charge in [0, 0.05) is 71.5 Å². The number of aromatic nitrogens is 2. The molecule has 0 radical (unpaired) electrons. The molecule has 1 aliphatic rings. The molecule has 7 nitrogen and oxygen atoms in total. The maximum atomic E-state index is 4.54. The molecule has 0 atom stereocenters. The number of aliphatic imine (C=N–C) groups is 1. The van der Waals surface area contributed by atoms with E-state index in [0.29, 0.717) is 0 Å². The van der Waals surface area contributed by atoms with Gasteiger partial charge in [0.25, 0.3) is 0 Å². The lowest BCUT2D eigenvalue weighted by atomic mass is 10.2. The Morgan fingerprint density at radius 2 is 1.92 bits per heavy atom. The number of guanidine groups is 1. The minimum Gasteiger partial charge on any atom is -0.355 e. The summed E-state index contributed by atoms with van der Waals surface area (Å²) < 4.78 is 2.14. The Bertz CT molecular complexity index is 688. The Morgan fingerprint density at radius 3 is 2.65 bits per heavy atom. The third kappa shape index (κ3) is 5.23. The standard InChI is InChI=1S/C19H29N7/c1-20-19(22-7-10-25-8-3-4-9-25)23-16-17-5-6-21-18(15-17)26-13-11-24(2)12-14-26/h3-6,8-9,15H,7,10-14,16H2,1-2H3,(H2,20,22,23). The minimum atomic E-state index is 0.729. The van der Waals surface area contributed by atoms with Crippen LogP contribution in [0.15, 0.2) is 47.8 Å². The highest BCUT2D eigenvalue weighted by atomic mass is 15.3. The van der Waals surface area contributed by atoms with Crippen LogP contribution < -0.4 is 15.5 Å². The molecule has 1 aliphatic heterocycles. The molecule has 1 saturated heterocycles. The van der Waals surface area contributed by atoms with Gasteiger partial charge in [-0.2, -0.15) is 0 Å². The van der Waals surface area contributed by atoms with E-state index in [1.165, 1.54) is 5.56 Å². The van der Waals surface area contributed by atoms with Gasteiger partial charge in [-0.15, -0.1) is 0 Å². The Labute approximate surface area is 155 Å². The predicted octanol–water partition coefficient (Wildman–Crippen LogP) is 1.00. The maximum absolute atomic E-state index is 4.54. The number of pyridine rings is 1. The van der Waals surface area contributed by atoms with Crippen molar-refractivity contribution in [2.24, 2.45) is 4.99 Å². The second kappa shape index (κ2) is 9.24. The van der Waals surface area contributed by atoms with Gasteiger partial charge in [0.05, 0.1) is 0 Å². The number of hydrogen-bond donors (Lipinski definition) is 2. The highest BCUT2D eigenvalue weighted by Gasteiger charge is 2.15. The average Bonchev–Trinajstić information content (AvgIpc) is 3.19. The highest BCUT2D eigenvalue weighted by molar-refractivity contribution is 5.79. The minimum absolute atomic E-state index is 0.729. The lowest BCUT2D eigenvalue weighted by Crippen LogP contribution is -2.44. The van der Waals surface area contributed by atoms with E-state index in [4.69, 9.17) is 0 Å². The van der Waals surface area contributed by atoms with Crippen molar-refractivity contribution in [1.29, 1.82) is 0 Å². The van der Waals surface area contributed by atoms with Crippen molar-refractivity contribution in [3.63, 3.8) is 0 Å². The zero-order valence-corrected chi connectivity index (χ0v) is 15.7. The van der Waals surface area contributed by atoms with Gasteiger partial charge in [-0.05, 0) is 36.9 Å². The van der Waals surface area contributed by atoms with Gasteiger partial charge >= 0.3 is 0 Å². The maximum Gasteiger partial charge on any atom is 0.191 e. The number of hydrogen-bond acceptors (Lipinski definition) is 4. The average molecular weight is 355 g/mol. The van der Waals surface area contributed by atoms with E-state index in [0.717, 1.165) is 57.6 Å². The molecule has 0 aromatic carbocycles. The first kappa shape index (κ1) is 18.3. The van der Waals surface area contributed by atoms with E-state index < -0.39 is 0 Å². The summed E-state index contributed by atoms with van der Waals surface area (Å²) in [6.45, 7) is 6.70. The fourth-order valence-electron chi connectivity index (χ4n) is 3.01. The summed E-state index contributed by atoms with van der Waals surface area (Å²) in [5.41, 5.74) is 1.21. The van der Waals surface area contributed by atoms with Gasteiger partial charge in [0.2, 0.25) is 0 Å². The van der Waals surface area contributed by atoms with Gasteiger partial charge in [-0.3, -0.25) is 4.99 Å². The van der Waals surface area contributed by atoms with Crippen LogP contribution in [0.25, 0.3) is 0 Å². The molecule has 7 heteroatoms. The molecule has 2 aromatic rings. The van der Waals surface area contributed by atoms with E-state index in [2.05, 4.69) is 66.6 Å². The number of anilines is 1. The second-order valence-electron chi connectivity index (χ2n) is 6.59. The zero-order chi connectivity index (χ0) is 18.2. The summed E-state index contributed by atoms with van der Waals surface area (Å²) in [6, 6.07) is 8.30. The number of nitrogens with zero attached hydrogens (tertiary/aromatic N) is 5. The molecule has 140 valence electrons. The molecule has 26 heavy (non-hydrogen) atoms. The topological polar surface area (TPSA) is 60.7 Å². The summed E-state index contributed by atoms with van der Waals surface area (Å²) in [5, 5.41) is 6.73. The summed E-state index contributed by atoms with van der Waals surface area (Å²) in [4.78, 5) is 13.5. The van der Waals surface area contributed by atoms with E-state index in [1.54, 1.807) is 7.05 Å². The van der Waals surface area contributed by atoms with Crippen LogP contribution in [0.4, 0.5) is 5.82 Å². The van der Waals surface area contributed by atoms with Crippen molar-refractivity contribution < 1.29 is 0 Å². The molecule has 0 spiro atoms. The monoisotopic (exact) mass is 355 g/mol. The van der Waals surface area contributed by atoms with Gasteiger partial charge in [-0.1, -0.05) is 0 Å². The molecular weight excluding hydrogens is 326 g/mol. The summed E-state index contributed by atoms with van der Waals surface area (Å²) in [6.07, 6.45) is 6.02. The van der Waals surface area contributed by atoms with Crippen molar-refractivity contribution in [2.45, 2.75) is 13.1 Å². The second-order valence-corrected chi connectivity index (χ2v) is 6.59. The fourth-order valence-corrected chi connectivity index (χ4v) is 3.01. The molecule has 2 aromatic heterocycles. The van der Waals surface area contributed by atoms with Crippen LogP contribution in [0.1, 0.15) is 5.56 Å². The van der Waals surface area contributed by atoms with Crippen molar-refractivity contribution in [1.82, 2.24) is 25.1 Å². The largest absolute Gasteiger partial charge is 0.355 e. The quantitative estimate of drug-likeness (QED) is 0.598. The van der Waals surface area contributed by atoms with Crippen molar-refractivity contribution in [3.05, 3.63) is 48.4 Å². The molecule has 0 bridgehead atoms. The van der Waals surface area contributed by atoms with Crippen LogP contribution in [-0.4, -0.2) is 67.2 Å². The fraction of sp³-hybridized carbons (Fsp3) is 0.474. The van der Waals surface area contributed by atoms with E-state index in [9.17, 15) is 0 Å². The van der Waals surface area contributed by atoms with Crippen molar-refractivity contribution in [3.8, 4) is 0 Å². The van der Waals surface area contributed by atoms with Crippen molar-refractivity contribution >= 4 is 11.8 Å². The van der Waals surface area contributed by atoms with Crippen LogP contribution in [0, 0.1) is 0 Å². The molecule has 1 fully saturated rings. The molecule has 0 unspecified atom stereocenters. The van der Waals surface area contributed by atoms with Crippen LogP contribution in [0.5, 0.6) is 0 Å². The Kier molecular flexibility index (Phi) is 6.49. The molecule has 0 aliphatic carbocycles. The molecule has 3 heterocycles. The lowest BCUT2D eigenvalue weighted by molar-refractivity contribution is 0.312. The third-order valence-electron chi connectivity index (χ3n) is 4.65. The van der Waals surface area contributed by atoms with Gasteiger partial charge in [0.1, 0.15) is 5.82 Å².